The predicted octanol–water partition coefficient (Wildman–Crippen LogP) is 5.87. The summed E-state index contributed by atoms with van der Waals surface area (Å²) in [5.74, 6) is -0.532. The molecular formula is C51H69F2N11O5. The number of benzene rings is 2. The number of carbonyl (C=O) groups is 5. The van der Waals surface area contributed by atoms with Crippen molar-refractivity contribution in [3.8, 4) is 0 Å². The minimum Gasteiger partial charge on any atom is -0.385 e. The third kappa shape index (κ3) is 12.7. The molecule has 69 heavy (non-hydrogen) atoms. The Morgan fingerprint density at radius 3 is 2.33 bits per heavy atom. The molecule has 0 saturated carbocycles. The maximum atomic E-state index is 15.7. The van der Waals surface area contributed by atoms with Gasteiger partial charge in [0.2, 0.25) is 23.6 Å². The van der Waals surface area contributed by atoms with Gasteiger partial charge in [-0.15, -0.1) is 0 Å². The smallest absolute Gasteiger partial charge is 0.255 e. The van der Waals surface area contributed by atoms with Gasteiger partial charge in [-0.05, 0) is 88.1 Å². The predicted molar refractivity (Wildman–Crippen MR) is 261 cm³/mol. The number of rotatable bonds is 20. The second kappa shape index (κ2) is 22.2. The molecule has 4 fully saturated rings. The molecule has 6 heterocycles. The van der Waals surface area contributed by atoms with Gasteiger partial charge in [0.05, 0.1) is 17.8 Å². The number of nitrogens with zero attached hydrogens (tertiary/aromatic N) is 6. The second-order valence-corrected chi connectivity index (χ2v) is 20.4. The lowest BCUT2D eigenvalue weighted by atomic mass is 9.82. The molecule has 3 aromatic rings. The lowest BCUT2D eigenvalue weighted by Crippen LogP contribution is -2.66. The summed E-state index contributed by atoms with van der Waals surface area (Å²) in [5.41, 5.74) is 2.57. The van der Waals surface area contributed by atoms with Gasteiger partial charge in [-0.1, -0.05) is 45.6 Å². The molecule has 5 aliphatic heterocycles. The van der Waals surface area contributed by atoms with Crippen LogP contribution in [0.3, 0.4) is 0 Å². The van der Waals surface area contributed by atoms with Crippen LogP contribution >= 0.6 is 0 Å². The van der Waals surface area contributed by atoms with Gasteiger partial charge in [-0.2, -0.15) is 0 Å². The molecule has 372 valence electrons. The molecule has 1 unspecified atom stereocenters. The van der Waals surface area contributed by atoms with Crippen molar-refractivity contribution in [1.29, 1.82) is 0 Å². The van der Waals surface area contributed by atoms with Crippen LogP contribution in [-0.4, -0.2) is 120 Å². The number of halogens is 2. The van der Waals surface area contributed by atoms with Crippen molar-refractivity contribution in [2.45, 2.75) is 128 Å². The summed E-state index contributed by atoms with van der Waals surface area (Å²) >= 11 is 0. The van der Waals surface area contributed by atoms with Gasteiger partial charge in [0.25, 0.3) is 5.91 Å². The maximum absolute atomic E-state index is 15.7. The summed E-state index contributed by atoms with van der Waals surface area (Å²) in [5, 5.41) is 15.4. The summed E-state index contributed by atoms with van der Waals surface area (Å²) in [4.78, 5) is 79.1. The van der Waals surface area contributed by atoms with Crippen LogP contribution in [0.5, 0.6) is 0 Å². The first-order valence-corrected chi connectivity index (χ1v) is 25.1. The summed E-state index contributed by atoms with van der Waals surface area (Å²) in [6, 6.07) is 9.46. The van der Waals surface area contributed by atoms with Gasteiger partial charge in [0.15, 0.2) is 0 Å². The van der Waals surface area contributed by atoms with Crippen LogP contribution in [-0.2, 0) is 32.3 Å². The van der Waals surface area contributed by atoms with Gasteiger partial charge >= 0.3 is 0 Å². The number of carbonyl (C=O) groups excluding carboxylic acids is 5. The van der Waals surface area contributed by atoms with Crippen molar-refractivity contribution in [1.82, 2.24) is 35.7 Å². The topological polar surface area (TPSA) is 184 Å². The number of nitrogens with one attached hydrogen (secondary N) is 5. The summed E-state index contributed by atoms with van der Waals surface area (Å²) in [7, 11) is 0. The van der Waals surface area contributed by atoms with Crippen molar-refractivity contribution < 1.29 is 32.8 Å². The SMILES string of the molecule is CC1(C)CCN(Cc2cc(F)c(N3CC(=O)NC4(CCN(c5cc(NCCCNC(=O)CCCCCCCCNc6cccc7c6CN(C6CCC(=O)NC6=O)C7=O)ncn5)CC4)C3)cc2F)CC1. The van der Waals surface area contributed by atoms with Crippen molar-refractivity contribution in [2.75, 3.05) is 79.3 Å². The fourth-order valence-electron chi connectivity index (χ4n) is 10.4. The fraction of sp³-hybridized carbons (Fsp3) is 0.588. The summed E-state index contributed by atoms with van der Waals surface area (Å²) in [6.45, 7) is 10.5. The van der Waals surface area contributed by atoms with Crippen molar-refractivity contribution in [3.05, 3.63) is 71.1 Å². The highest BCUT2D eigenvalue weighted by Gasteiger charge is 2.43. The van der Waals surface area contributed by atoms with Crippen molar-refractivity contribution >= 4 is 52.5 Å². The third-order valence-corrected chi connectivity index (χ3v) is 14.7. The first-order chi connectivity index (χ1) is 33.2. The van der Waals surface area contributed by atoms with Gasteiger partial charge in [0.1, 0.15) is 35.6 Å². The summed E-state index contributed by atoms with van der Waals surface area (Å²) < 4.78 is 31.1. The van der Waals surface area contributed by atoms with E-state index in [0.717, 1.165) is 94.5 Å². The molecule has 1 aromatic heterocycles. The number of unbranched alkanes of at least 4 members (excludes halogenated alkanes) is 5. The summed E-state index contributed by atoms with van der Waals surface area (Å²) in [6.07, 6.45) is 12.6. The van der Waals surface area contributed by atoms with E-state index in [2.05, 4.69) is 60.2 Å². The van der Waals surface area contributed by atoms with Gasteiger partial charge < -0.3 is 36.0 Å². The largest absolute Gasteiger partial charge is 0.385 e. The Kier molecular flexibility index (Phi) is 16.0. The number of amides is 5. The number of piperazine rings is 1. The van der Waals surface area contributed by atoms with E-state index in [0.29, 0.717) is 88.4 Å². The van der Waals surface area contributed by atoms with Crippen LogP contribution in [0.1, 0.15) is 125 Å². The average Bonchev–Trinajstić information content (AvgIpc) is 3.66. The highest BCUT2D eigenvalue weighted by atomic mass is 19.1. The Labute approximate surface area is 404 Å². The highest BCUT2D eigenvalue weighted by molar-refractivity contribution is 6.06. The quantitative estimate of drug-likeness (QED) is 0.0672. The number of fused-ring (bicyclic) bond motifs is 1. The Bertz CT molecular complexity index is 2350. The number of piperidine rings is 3. The van der Waals surface area contributed by atoms with E-state index < -0.39 is 29.1 Å². The molecule has 2 aromatic carbocycles. The molecule has 5 amide bonds. The van der Waals surface area contributed by atoms with E-state index in [4.69, 9.17) is 0 Å². The van der Waals surface area contributed by atoms with E-state index in [1.165, 1.54) is 18.5 Å². The molecule has 18 heteroatoms. The third-order valence-electron chi connectivity index (χ3n) is 14.7. The van der Waals surface area contributed by atoms with E-state index in [1.54, 1.807) is 15.9 Å². The minimum atomic E-state index is -0.630. The maximum Gasteiger partial charge on any atom is 0.255 e. The zero-order chi connectivity index (χ0) is 48.5. The Morgan fingerprint density at radius 1 is 0.797 bits per heavy atom. The monoisotopic (exact) mass is 954 g/mol. The molecule has 0 radical (unpaired) electrons. The number of aromatic nitrogens is 2. The average molecular weight is 954 g/mol. The van der Waals surface area contributed by atoms with Crippen LogP contribution in [0.4, 0.5) is 31.8 Å². The molecule has 5 N–H and O–H groups in total. The number of hydrogen-bond donors (Lipinski definition) is 5. The van der Waals surface area contributed by atoms with E-state index in [9.17, 15) is 24.0 Å². The highest BCUT2D eigenvalue weighted by Crippen LogP contribution is 2.35. The molecule has 0 bridgehead atoms. The van der Waals surface area contributed by atoms with Crippen LogP contribution in [0.15, 0.2) is 42.7 Å². The standard InChI is InChI=1S/C51H69F2N11O5/c1-50(2)16-23-61(24-17-50)30-35-27-39(53)42(28-38(35)52)63-32-47(67)60-51(33-63)18-25-62(26-19-51)44-29-43(57-34-58-44)55-21-10-22-56-45(65)13-7-5-3-4-6-8-20-54-40-12-9-11-36-37(40)31-64(49(36)69)41-14-15-46(66)59-48(41)68/h9,11-12,27-29,34,41,54H,3-8,10,13-26,30-33H2,1-2H3,(H,56,65)(H,60,67)(H,55,57,58)(H,59,66,68). The molecule has 16 nitrogen and oxygen atoms in total. The van der Waals surface area contributed by atoms with E-state index in [-0.39, 0.29) is 47.7 Å². The second-order valence-electron chi connectivity index (χ2n) is 20.4. The molecule has 0 aliphatic carbocycles. The van der Waals surface area contributed by atoms with Crippen molar-refractivity contribution in [3.63, 3.8) is 0 Å². The fourth-order valence-corrected chi connectivity index (χ4v) is 10.4. The Morgan fingerprint density at radius 2 is 1.55 bits per heavy atom. The molecule has 1 atom stereocenters. The number of hydrogen-bond acceptors (Lipinski definition) is 12. The number of imide groups is 1. The Hall–Kier alpha value is -5.91. The van der Waals surface area contributed by atoms with Crippen LogP contribution in [0.25, 0.3) is 0 Å². The molecule has 1 spiro atoms. The molecular weight excluding hydrogens is 885 g/mol. The van der Waals surface area contributed by atoms with Gasteiger partial charge in [-0.3, -0.25) is 34.2 Å². The van der Waals surface area contributed by atoms with E-state index >= 15 is 8.78 Å². The zero-order valence-corrected chi connectivity index (χ0v) is 40.3. The zero-order valence-electron chi connectivity index (χ0n) is 40.3. The lowest BCUT2D eigenvalue weighted by Gasteiger charge is -2.48. The molecule has 5 aliphatic rings. The Balaban J connectivity index is 0.676. The normalized spacial score (nSPS) is 20.2. The van der Waals surface area contributed by atoms with Crippen LogP contribution in [0.2, 0.25) is 0 Å². The van der Waals surface area contributed by atoms with Gasteiger partial charge in [0, 0.05) is 99.7 Å². The van der Waals surface area contributed by atoms with Crippen LogP contribution < -0.4 is 36.4 Å². The molecule has 4 saturated heterocycles. The molecule has 8 rings (SSSR count). The first kappa shape index (κ1) is 49.5. The first-order valence-electron chi connectivity index (χ1n) is 25.1. The van der Waals surface area contributed by atoms with Crippen LogP contribution in [0, 0.1) is 17.0 Å². The number of anilines is 4. The minimum absolute atomic E-state index is 0.0293. The van der Waals surface area contributed by atoms with Gasteiger partial charge in [-0.25, -0.2) is 18.7 Å². The lowest BCUT2D eigenvalue weighted by molar-refractivity contribution is -0.137. The van der Waals surface area contributed by atoms with E-state index in [1.807, 2.05) is 18.2 Å². The number of likely N-dealkylation sites (tertiary alicyclic amines) is 1. The van der Waals surface area contributed by atoms with Crippen molar-refractivity contribution in [2.24, 2.45) is 5.41 Å².